The van der Waals surface area contributed by atoms with Gasteiger partial charge in [0.15, 0.2) is 11.0 Å². The predicted octanol–water partition coefficient (Wildman–Crippen LogP) is 4.00. The molecule has 7 nitrogen and oxygen atoms in total. The van der Waals surface area contributed by atoms with Crippen LogP contribution in [0.25, 0.3) is 0 Å². The molecule has 0 saturated heterocycles. The van der Waals surface area contributed by atoms with Gasteiger partial charge in [0.1, 0.15) is 0 Å². The number of amides is 2. The van der Waals surface area contributed by atoms with Gasteiger partial charge in [-0.1, -0.05) is 41.1 Å². The van der Waals surface area contributed by atoms with Crippen LogP contribution in [0.15, 0.2) is 53.7 Å². The van der Waals surface area contributed by atoms with Gasteiger partial charge in [0.25, 0.3) is 5.91 Å². The molecule has 0 spiro atoms. The van der Waals surface area contributed by atoms with E-state index in [4.69, 9.17) is 11.6 Å². The number of halogens is 1. The number of aromatic nitrogens is 3. The minimum Gasteiger partial charge on any atom is -0.342 e. The number of aryl methyl sites for hydroxylation is 1. The third-order valence-electron chi connectivity index (χ3n) is 4.38. The SMILES string of the molecule is Cc1ccc(NC(=O)CSc2nnc([C@H](C)NC(=O)c3ccc(Cl)cc3)n2C)cc1. The number of rotatable bonds is 7. The van der Waals surface area contributed by atoms with Crippen molar-refractivity contribution in [2.75, 3.05) is 11.1 Å². The lowest BCUT2D eigenvalue weighted by Crippen LogP contribution is -2.28. The van der Waals surface area contributed by atoms with Crippen LogP contribution in [0, 0.1) is 6.92 Å². The zero-order valence-corrected chi connectivity index (χ0v) is 18.4. The standard InChI is InChI=1S/C21H22ClN5O2S/c1-13-4-10-17(11-5-13)24-18(28)12-30-21-26-25-19(27(21)3)14(2)23-20(29)15-6-8-16(22)9-7-15/h4-11,14H,12H2,1-3H3,(H,23,29)(H,24,28)/t14-/m0/s1. The molecule has 0 aliphatic rings. The molecule has 156 valence electrons. The van der Waals surface area contributed by atoms with Crippen molar-refractivity contribution in [3.63, 3.8) is 0 Å². The number of carbonyl (C=O) groups is 2. The maximum Gasteiger partial charge on any atom is 0.251 e. The molecule has 1 aromatic heterocycles. The summed E-state index contributed by atoms with van der Waals surface area (Å²) in [5, 5.41) is 15.2. The Bertz CT molecular complexity index is 1030. The average molecular weight is 444 g/mol. The van der Waals surface area contributed by atoms with Crippen LogP contribution in [0.3, 0.4) is 0 Å². The molecule has 0 aliphatic carbocycles. The molecule has 1 heterocycles. The van der Waals surface area contributed by atoms with Crippen LogP contribution < -0.4 is 10.6 Å². The Morgan fingerprint density at radius 3 is 2.43 bits per heavy atom. The van der Waals surface area contributed by atoms with Crippen molar-refractivity contribution in [1.29, 1.82) is 0 Å². The molecule has 0 fully saturated rings. The van der Waals surface area contributed by atoms with E-state index >= 15 is 0 Å². The molecule has 3 aromatic rings. The molecule has 0 saturated carbocycles. The fourth-order valence-electron chi connectivity index (χ4n) is 2.74. The van der Waals surface area contributed by atoms with E-state index in [1.165, 1.54) is 11.8 Å². The van der Waals surface area contributed by atoms with E-state index in [1.807, 2.05) is 38.1 Å². The van der Waals surface area contributed by atoms with E-state index in [9.17, 15) is 9.59 Å². The Labute approximate surface area is 184 Å². The summed E-state index contributed by atoms with van der Waals surface area (Å²) >= 11 is 7.14. The number of benzene rings is 2. The molecule has 2 aromatic carbocycles. The maximum absolute atomic E-state index is 12.4. The highest BCUT2D eigenvalue weighted by molar-refractivity contribution is 7.99. The molecule has 0 aliphatic heterocycles. The van der Waals surface area contributed by atoms with Crippen LogP contribution in [0.5, 0.6) is 0 Å². The predicted molar refractivity (Wildman–Crippen MR) is 119 cm³/mol. The number of nitrogens with zero attached hydrogens (tertiary/aromatic N) is 3. The van der Waals surface area contributed by atoms with Crippen LogP contribution in [0.2, 0.25) is 5.02 Å². The van der Waals surface area contributed by atoms with Crippen molar-refractivity contribution in [2.45, 2.75) is 25.0 Å². The number of hydrogen-bond donors (Lipinski definition) is 2. The molecule has 30 heavy (non-hydrogen) atoms. The fourth-order valence-corrected chi connectivity index (χ4v) is 3.58. The van der Waals surface area contributed by atoms with E-state index < -0.39 is 0 Å². The summed E-state index contributed by atoms with van der Waals surface area (Å²) in [6.07, 6.45) is 0. The lowest BCUT2D eigenvalue weighted by Gasteiger charge is -2.13. The molecule has 0 unspecified atom stereocenters. The maximum atomic E-state index is 12.4. The van der Waals surface area contributed by atoms with Gasteiger partial charge >= 0.3 is 0 Å². The zero-order valence-electron chi connectivity index (χ0n) is 16.8. The van der Waals surface area contributed by atoms with Gasteiger partial charge in [0.05, 0.1) is 11.8 Å². The summed E-state index contributed by atoms with van der Waals surface area (Å²) in [6, 6.07) is 13.9. The first-order valence-electron chi connectivity index (χ1n) is 9.28. The van der Waals surface area contributed by atoms with Crippen LogP contribution in [0.4, 0.5) is 5.69 Å². The molecule has 0 bridgehead atoms. The first-order chi connectivity index (χ1) is 14.3. The van der Waals surface area contributed by atoms with Gasteiger partial charge in [-0.05, 0) is 50.2 Å². The molecule has 2 amide bonds. The Morgan fingerprint density at radius 2 is 1.77 bits per heavy atom. The number of thioether (sulfide) groups is 1. The van der Waals surface area contributed by atoms with E-state index in [1.54, 1.807) is 35.9 Å². The highest BCUT2D eigenvalue weighted by atomic mass is 35.5. The van der Waals surface area contributed by atoms with Gasteiger partial charge in [-0.3, -0.25) is 9.59 Å². The summed E-state index contributed by atoms with van der Waals surface area (Å²) < 4.78 is 1.77. The van der Waals surface area contributed by atoms with E-state index in [-0.39, 0.29) is 23.6 Å². The molecule has 3 rings (SSSR count). The minimum absolute atomic E-state index is 0.127. The van der Waals surface area contributed by atoms with Crippen molar-refractivity contribution >= 4 is 40.9 Å². The molecular formula is C21H22ClN5O2S. The van der Waals surface area contributed by atoms with Gasteiger partial charge in [-0.2, -0.15) is 0 Å². The number of hydrogen-bond acceptors (Lipinski definition) is 5. The van der Waals surface area contributed by atoms with Crippen molar-refractivity contribution in [3.8, 4) is 0 Å². The minimum atomic E-state index is -0.360. The zero-order chi connectivity index (χ0) is 21.7. The quantitative estimate of drug-likeness (QED) is 0.539. The fraction of sp³-hybridized carbons (Fsp3) is 0.238. The first-order valence-corrected chi connectivity index (χ1v) is 10.6. The molecule has 9 heteroatoms. The summed E-state index contributed by atoms with van der Waals surface area (Å²) in [4.78, 5) is 24.6. The van der Waals surface area contributed by atoms with Gasteiger partial charge < -0.3 is 15.2 Å². The Balaban J connectivity index is 1.56. The number of nitrogens with one attached hydrogen (secondary N) is 2. The molecule has 1 atom stereocenters. The summed E-state index contributed by atoms with van der Waals surface area (Å²) in [5.41, 5.74) is 2.39. The van der Waals surface area contributed by atoms with Gasteiger partial charge in [0, 0.05) is 23.3 Å². The van der Waals surface area contributed by atoms with Crippen LogP contribution in [0.1, 0.15) is 34.7 Å². The first kappa shape index (κ1) is 21.9. The molecule has 2 N–H and O–H groups in total. The molecular weight excluding hydrogens is 422 g/mol. The van der Waals surface area contributed by atoms with Gasteiger partial charge in [-0.15, -0.1) is 10.2 Å². The second-order valence-electron chi connectivity index (χ2n) is 6.80. The number of carbonyl (C=O) groups excluding carboxylic acids is 2. The van der Waals surface area contributed by atoms with Crippen molar-refractivity contribution in [3.05, 3.63) is 70.5 Å². The Morgan fingerprint density at radius 1 is 1.10 bits per heavy atom. The highest BCUT2D eigenvalue weighted by Gasteiger charge is 2.19. The van der Waals surface area contributed by atoms with Crippen molar-refractivity contribution in [2.24, 2.45) is 7.05 Å². The monoisotopic (exact) mass is 443 g/mol. The smallest absolute Gasteiger partial charge is 0.251 e. The normalized spacial score (nSPS) is 11.7. The third kappa shape index (κ3) is 5.61. The van der Waals surface area contributed by atoms with Crippen LogP contribution in [-0.4, -0.2) is 32.3 Å². The topological polar surface area (TPSA) is 88.9 Å². The largest absolute Gasteiger partial charge is 0.342 e. The molecule has 0 radical (unpaired) electrons. The lowest BCUT2D eigenvalue weighted by atomic mass is 10.2. The van der Waals surface area contributed by atoms with Crippen molar-refractivity contribution < 1.29 is 9.59 Å². The number of anilines is 1. The van der Waals surface area contributed by atoms with Gasteiger partial charge in [-0.25, -0.2) is 0 Å². The van der Waals surface area contributed by atoms with Crippen LogP contribution in [-0.2, 0) is 11.8 Å². The van der Waals surface area contributed by atoms with E-state index in [0.717, 1.165) is 11.3 Å². The second kappa shape index (κ2) is 9.77. The highest BCUT2D eigenvalue weighted by Crippen LogP contribution is 2.20. The third-order valence-corrected chi connectivity index (χ3v) is 5.65. The van der Waals surface area contributed by atoms with E-state index in [2.05, 4.69) is 20.8 Å². The summed E-state index contributed by atoms with van der Waals surface area (Å²) in [6.45, 7) is 3.82. The Hall–Kier alpha value is -2.84. The van der Waals surface area contributed by atoms with Gasteiger partial charge in [0.2, 0.25) is 5.91 Å². The van der Waals surface area contributed by atoms with Crippen molar-refractivity contribution in [1.82, 2.24) is 20.1 Å². The summed E-state index contributed by atoms with van der Waals surface area (Å²) in [7, 11) is 1.81. The Kier molecular flexibility index (Phi) is 7.12. The summed E-state index contributed by atoms with van der Waals surface area (Å²) in [5.74, 6) is 0.441. The second-order valence-corrected chi connectivity index (χ2v) is 8.18. The van der Waals surface area contributed by atoms with E-state index in [0.29, 0.717) is 21.6 Å². The van der Waals surface area contributed by atoms with Crippen LogP contribution >= 0.6 is 23.4 Å². The average Bonchev–Trinajstić information content (AvgIpc) is 3.09. The lowest BCUT2D eigenvalue weighted by molar-refractivity contribution is -0.113.